The van der Waals surface area contributed by atoms with Gasteiger partial charge in [-0.15, -0.1) is 12.4 Å². The summed E-state index contributed by atoms with van der Waals surface area (Å²) in [4.78, 5) is 19.0. The minimum Gasteiger partial charge on any atom is -0.483 e. The molecule has 1 N–H and O–H groups in total. The molecule has 0 bridgehead atoms. The Labute approximate surface area is 170 Å². The fourth-order valence-corrected chi connectivity index (χ4v) is 3.37. The van der Waals surface area contributed by atoms with Crippen LogP contribution in [-0.2, 0) is 4.79 Å². The summed E-state index contributed by atoms with van der Waals surface area (Å²) < 4.78 is 5.93. The highest BCUT2D eigenvalue weighted by Gasteiger charge is 2.21. The third-order valence-electron chi connectivity index (χ3n) is 4.92. The monoisotopic (exact) mass is 398 g/mol. The molecular formula is C22H23ClN2O3. The van der Waals surface area contributed by atoms with Crippen LogP contribution in [0.2, 0.25) is 0 Å². The number of aliphatic hydroxyl groups excluding tert-OH is 1. The normalized spacial score (nSPS) is 14.5. The van der Waals surface area contributed by atoms with Crippen molar-refractivity contribution in [3.63, 3.8) is 0 Å². The van der Waals surface area contributed by atoms with Crippen LogP contribution < -0.4 is 4.74 Å². The smallest absolute Gasteiger partial charge is 0.260 e. The molecule has 6 heteroatoms. The van der Waals surface area contributed by atoms with E-state index in [1.807, 2.05) is 60.7 Å². The number of piperidine rings is 1. The van der Waals surface area contributed by atoms with Gasteiger partial charge in [-0.2, -0.15) is 0 Å². The molecule has 0 atom stereocenters. The Balaban J connectivity index is 0.00000225. The van der Waals surface area contributed by atoms with Crippen LogP contribution in [-0.4, -0.2) is 46.7 Å². The van der Waals surface area contributed by atoms with Crippen molar-refractivity contribution in [1.82, 2.24) is 9.88 Å². The van der Waals surface area contributed by atoms with Crippen LogP contribution in [0.15, 0.2) is 60.7 Å². The summed E-state index contributed by atoms with van der Waals surface area (Å²) in [5.74, 6) is 0.605. The summed E-state index contributed by atoms with van der Waals surface area (Å²) in [6.07, 6.45) is 0.956. The molecule has 2 heterocycles. The lowest BCUT2D eigenvalue weighted by atomic mass is 10.1. The fraction of sp³-hybridized carbons (Fsp3) is 0.273. The molecule has 0 aliphatic carbocycles. The molecule has 2 aromatic carbocycles. The van der Waals surface area contributed by atoms with Crippen LogP contribution >= 0.6 is 12.4 Å². The lowest BCUT2D eigenvalue weighted by Gasteiger charge is -2.29. The Bertz CT molecular complexity index is 941. The van der Waals surface area contributed by atoms with E-state index in [4.69, 9.17) is 9.72 Å². The molecule has 4 rings (SSSR count). The highest BCUT2D eigenvalue weighted by Crippen LogP contribution is 2.30. The quantitative estimate of drug-likeness (QED) is 0.728. The summed E-state index contributed by atoms with van der Waals surface area (Å²) in [5.41, 5.74) is 2.66. The molecular weight excluding hydrogens is 376 g/mol. The van der Waals surface area contributed by atoms with E-state index in [1.165, 1.54) is 0 Å². The number of para-hydroxylation sites is 1. The third kappa shape index (κ3) is 4.43. The van der Waals surface area contributed by atoms with Gasteiger partial charge in [0.2, 0.25) is 0 Å². The number of amides is 1. The second-order valence-corrected chi connectivity index (χ2v) is 6.79. The molecule has 0 spiro atoms. The standard InChI is InChI=1S/C22H22N2O3.ClH/c25-17-10-12-24(13-11-17)22(26)15-27-21-14-20(16-6-2-1-3-7-16)23-19-9-5-4-8-18(19)21;/h1-9,14,17,25H,10-13,15H2;1H. The molecule has 28 heavy (non-hydrogen) atoms. The van der Waals surface area contributed by atoms with Gasteiger partial charge in [-0.3, -0.25) is 4.79 Å². The third-order valence-corrected chi connectivity index (χ3v) is 4.92. The SMILES string of the molecule is Cl.O=C(COc1cc(-c2ccccc2)nc2ccccc12)N1CCC(O)CC1. The van der Waals surface area contributed by atoms with E-state index in [1.54, 1.807) is 4.90 Å². The average Bonchev–Trinajstić information content (AvgIpc) is 2.72. The zero-order valence-corrected chi connectivity index (χ0v) is 16.3. The van der Waals surface area contributed by atoms with Crippen LogP contribution in [0.1, 0.15) is 12.8 Å². The first kappa shape index (κ1) is 20.1. The number of benzene rings is 2. The molecule has 3 aromatic rings. The van der Waals surface area contributed by atoms with E-state index in [0.717, 1.165) is 22.2 Å². The predicted molar refractivity (Wildman–Crippen MR) is 112 cm³/mol. The number of carbonyl (C=O) groups excluding carboxylic acids is 1. The summed E-state index contributed by atoms with van der Waals surface area (Å²) in [6, 6.07) is 19.6. The van der Waals surface area contributed by atoms with Gasteiger partial charge in [0.15, 0.2) is 6.61 Å². The van der Waals surface area contributed by atoms with Crippen molar-refractivity contribution in [3.8, 4) is 17.0 Å². The number of likely N-dealkylation sites (tertiary alicyclic amines) is 1. The number of hydrogen-bond acceptors (Lipinski definition) is 4. The van der Waals surface area contributed by atoms with E-state index >= 15 is 0 Å². The van der Waals surface area contributed by atoms with Crippen LogP contribution in [0, 0.1) is 0 Å². The average molecular weight is 399 g/mol. The maximum Gasteiger partial charge on any atom is 0.260 e. The number of aromatic nitrogens is 1. The van der Waals surface area contributed by atoms with Gasteiger partial charge in [-0.1, -0.05) is 42.5 Å². The molecule has 1 amide bonds. The van der Waals surface area contributed by atoms with Crippen molar-refractivity contribution in [1.29, 1.82) is 0 Å². The van der Waals surface area contributed by atoms with Crippen LogP contribution in [0.4, 0.5) is 0 Å². The summed E-state index contributed by atoms with van der Waals surface area (Å²) >= 11 is 0. The summed E-state index contributed by atoms with van der Waals surface area (Å²) in [6.45, 7) is 1.14. The van der Waals surface area contributed by atoms with Gasteiger partial charge in [-0.25, -0.2) is 4.98 Å². The van der Waals surface area contributed by atoms with E-state index in [-0.39, 0.29) is 31.0 Å². The van der Waals surface area contributed by atoms with Gasteiger partial charge in [-0.05, 0) is 25.0 Å². The van der Waals surface area contributed by atoms with Gasteiger partial charge < -0.3 is 14.7 Å². The maximum absolute atomic E-state index is 12.5. The summed E-state index contributed by atoms with van der Waals surface area (Å²) in [5, 5.41) is 10.5. The number of ether oxygens (including phenoxy) is 1. The first-order valence-corrected chi connectivity index (χ1v) is 9.24. The largest absolute Gasteiger partial charge is 0.483 e. The zero-order valence-electron chi connectivity index (χ0n) is 15.5. The molecule has 0 saturated carbocycles. The van der Waals surface area contributed by atoms with Crippen molar-refractivity contribution < 1.29 is 14.6 Å². The number of fused-ring (bicyclic) bond motifs is 1. The lowest BCUT2D eigenvalue weighted by molar-refractivity contribution is -0.135. The Morgan fingerprint density at radius 3 is 2.50 bits per heavy atom. The molecule has 0 unspecified atom stereocenters. The molecule has 5 nitrogen and oxygen atoms in total. The van der Waals surface area contributed by atoms with E-state index in [0.29, 0.717) is 31.7 Å². The second-order valence-electron chi connectivity index (χ2n) is 6.79. The number of hydrogen-bond donors (Lipinski definition) is 1. The van der Waals surface area contributed by atoms with Crippen molar-refractivity contribution in [2.45, 2.75) is 18.9 Å². The highest BCUT2D eigenvalue weighted by molar-refractivity contribution is 5.88. The highest BCUT2D eigenvalue weighted by atomic mass is 35.5. The molecule has 1 aromatic heterocycles. The number of halogens is 1. The van der Waals surface area contributed by atoms with Crippen LogP contribution in [0.5, 0.6) is 5.75 Å². The first-order chi connectivity index (χ1) is 13.2. The van der Waals surface area contributed by atoms with Gasteiger partial charge in [0.1, 0.15) is 5.75 Å². The number of pyridine rings is 1. The van der Waals surface area contributed by atoms with Gasteiger partial charge >= 0.3 is 0 Å². The fourth-order valence-electron chi connectivity index (χ4n) is 3.37. The Morgan fingerprint density at radius 2 is 1.75 bits per heavy atom. The minimum atomic E-state index is -0.299. The van der Waals surface area contributed by atoms with Crippen LogP contribution in [0.25, 0.3) is 22.2 Å². The van der Waals surface area contributed by atoms with E-state index in [9.17, 15) is 9.90 Å². The molecule has 0 radical (unpaired) electrons. The van der Waals surface area contributed by atoms with Gasteiger partial charge in [0, 0.05) is 30.1 Å². The van der Waals surface area contributed by atoms with Crippen molar-refractivity contribution >= 4 is 29.2 Å². The molecule has 146 valence electrons. The van der Waals surface area contributed by atoms with Crippen molar-refractivity contribution in [2.24, 2.45) is 0 Å². The maximum atomic E-state index is 12.5. The topological polar surface area (TPSA) is 62.7 Å². The number of carbonyl (C=O) groups is 1. The molecule has 1 fully saturated rings. The van der Waals surface area contributed by atoms with Crippen LogP contribution in [0.3, 0.4) is 0 Å². The number of nitrogens with zero attached hydrogens (tertiary/aromatic N) is 2. The minimum absolute atomic E-state index is 0. The van der Waals surface area contributed by atoms with E-state index < -0.39 is 0 Å². The van der Waals surface area contributed by atoms with E-state index in [2.05, 4.69) is 0 Å². The zero-order chi connectivity index (χ0) is 18.6. The Kier molecular flexibility index (Phi) is 6.49. The van der Waals surface area contributed by atoms with Crippen molar-refractivity contribution in [3.05, 3.63) is 60.7 Å². The molecule has 1 saturated heterocycles. The Morgan fingerprint density at radius 1 is 1.07 bits per heavy atom. The predicted octanol–water partition coefficient (Wildman–Crippen LogP) is 3.69. The molecule has 1 aliphatic rings. The lowest BCUT2D eigenvalue weighted by Crippen LogP contribution is -2.42. The first-order valence-electron chi connectivity index (χ1n) is 9.24. The Hall–Kier alpha value is -2.63. The molecule has 1 aliphatic heterocycles. The number of rotatable bonds is 4. The van der Waals surface area contributed by atoms with Crippen molar-refractivity contribution in [2.75, 3.05) is 19.7 Å². The van der Waals surface area contributed by atoms with Gasteiger partial charge in [0.05, 0.1) is 17.3 Å². The summed E-state index contributed by atoms with van der Waals surface area (Å²) in [7, 11) is 0. The van der Waals surface area contributed by atoms with Gasteiger partial charge in [0.25, 0.3) is 5.91 Å². The number of aliphatic hydroxyl groups is 1. The second kappa shape index (κ2) is 9.04.